The number of rotatable bonds is 2. The minimum absolute atomic E-state index is 0.0485. The first kappa shape index (κ1) is 12.8. The Labute approximate surface area is 102 Å². The molecule has 5 heteroatoms. The summed E-state index contributed by atoms with van der Waals surface area (Å²) in [5.41, 5.74) is -0.132. The Balaban J connectivity index is 1.81. The molecule has 5 nitrogen and oxygen atoms in total. The first-order chi connectivity index (χ1) is 8.07. The topological polar surface area (TPSA) is 59.6 Å². The highest BCUT2D eigenvalue weighted by Crippen LogP contribution is 2.23. The van der Waals surface area contributed by atoms with E-state index in [1.807, 2.05) is 0 Å². The number of nitrogens with one attached hydrogen (secondary N) is 2. The summed E-state index contributed by atoms with van der Waals surface area (Å²) in [5.74, 6) is 0.0485. The van der Waals surface area contributed by atoms with Crippen LogP contribution in [0.3, 0.4) is 0 Å². The van der Waals surface area contributed by atoms with Gasteiger partial charge in [0.05, 0.1) is 18.8 Å². The largest absolute Gasteiger partial charge is 0.378 e. The summed E-state index contributed by atoms with van der Waals surface area (Å²) in [6, 6.07) is 0.0182. The molecule has 0 aliphatic carbocycles. The molecule has 0 bridgehead atoms. The molecule has 1 amide bonds. The third kappa shape index (κ3) is 3.66. The minimum atomic E-state index is -0.199. The Morgan fingerprint density at radius 2 is 2.24 bits per heavy atom. The molecular weight excluding hydrogens is 220 g/mol. The van der Waals surface area contributed by atoms with Crippen LogP contribution in [0.25, 0.3) is 0 Å². The van der Waals surface area contributed by atoms with Crippen molar-refractivity contribution in [2.75, 3.05) is 26.4 Å². The zero-order chi connectivity index (χ0) is 12.3. The maximum absolute atomic E-state index is 12.0. The molecule has 0 aromatic heterocycles. The Morgan fingerprint density at radius 3 is 2.88 bits per heavy atom. The SMILES string of the molecule is CC1(C)CC(NC(=O)C2COCCN2)CCO1. The summed E-state index contributed by atoms with van der Waals surface area (Å²) >= 11 is 0. The van der Waals surface area contributed by atoms with Crippen LogP contribution in [0.15, 0.2) is 0 Å². The lowest BCUT2D eigenvalue weighted by Crippen LogP contribution is -2.55. The van der Waals surface area contributed by atoms with E-state index in [0.29, 0.717) is 19.8 Å². The van der Waals surface area contributed by atoms with Crippen LogP contribution in [0.5, 0.6) is 0 Å². The molecule has 0 radical (unpaired) electrons. The number of ether oxygens (including phenoxy) is 2. The molecule has 2 saturated heterocycles. The molecule has 2 unspecified atom stereocenters. The summed E-state index contributed by atoms with van der Waals surface area (Å²) in [5, 5.41) is 6.24. The summed E-state index contributed by atoms with van der Waals surface area (Å²) in [4.78, 5) is 12.0. The number of hydrogen-bond donors (Lipinski definition) is 2. The first-order valence-corrected chi connectivity index (χ1v) is 6.32. The van der Waals surface area contributed by atoms with Crippen molar-refractivity contribution < 1.29 is 14.3 Å². The summed E-state index contributed by atoms with van der Waals surface area (Å²) in [7, 11) is 0. The first-order valence-electron chi connectivity index (χ1n) is 6.32. The quantitative estimate of drug-likeness (QED) is 0.718. The van der Waals surface area contributed by atoms with Gasteiger partial charge in [-0.3, -0.25) is 4.79 Å². The minimum Gasteiger partial charge on any atom is -0.378 e. The third-order valence-corrected chi connectivity index (χ3v) is 3.28. The highest BCUT2D eigenvalue weighted by Gasteiger charge is 2.31. The Morgan fingerprint density at radius 1 is 1.41 bits per heavy atom. The predicted molar refractivity (Wildman–Crippen MR) is 63.8 cm³/mol. The monoisotopic (exact) mass is 242 g/mol. The van der Waals surface area contributed by atoms with Crippen molar-refractivity contribution in [3.05, 3.63) is 0 Å². The van der Waals surface area contributed by atoms with E-state index in [-0.39, 0.29) is 23.6 Å². The van der Waals surface area contributed by atoms with Gasteiger partial charge in [-0.05, 0) is 26.7 Å². The van der Waals surface area contributed by atoms with E-state index in [9.17, 15) is 4.79 Å². The van der Waals surface area contributed by atoms with Gasteiger partial charge in [0.2, 0.25) is 5.91 Å². The number of amides is 1. The van der Waals surface area contributed by atoms with E-state index in [1.54, 1.807) is 0 Å². The van der Waals surface area contributed by atoms with Gasteiger partial charge >= 0.3 is 0 Å². The van der Waals surface area contributed by atoms with Gasteiger partial charge in [-0.25, -0.2) is 0 Å². The van der Waals surface area contributed by atoms with E-state index in [0.717, 1.165) is 19.4 Å². The van der Waals surface area contributed by atoms with Crippen molar-refractivity contribution in [1.82, 2.24) is 10.6 Å². The molecular formula is C12H22N2O3. The lowest BCUT2D eigenvalue weighted by molar-refractivity contribution is -0.128. The molecule has 0 spiro atoms. The van der Waals surface area contributed by atoms with E-state index in [2.05, 4.69) is 24.5 Å². The molecule has 98 valence electrons. The van der Waals surface area contributed by atoms with Gasteiger partial charge in [-0.15, -0.1) is 0 Å². The van der Waals surface area contributed by atoms with Crippen LogP contribution in [-0.4, -0.2) is 50.0 Å². The van der Waals surface area contributed by atoms with E-state index < -0.39 is 0 Å². The van der Waals surface area contributed by atoms with Crippen LogP contribution in [0, 0.1) is 0 Å². The van der Waals surface area contributed by atoms with Gasteiger partial charge in [0, 0.05) is 19.2 Å². The van der Waals surface area contributed by atoms with E-state index in [4.69, 9.17) is 9.47 Å². The molecule has 2 fully saturated rings. The van der Waals surface area contributed by atoms with Crippen molar-refractivity contribution >= 4 is 5.91 Å². The van der Waals surface area contributed by atoms with Gasteiger partial charge in [0.1, 0.15) is 6.04 Å². The predicted octanol–water partition coefficient (Wildman–Crippen LogP) is 0.0486. The number of hydrogen-bond acceptors (Lipinski definition) is 4. The number of carbonyl (C=O) groups is 1. The van der Waals surface area contributed by atoms with Crippen LogP contribution in [0.4, 0.5) is 0 Å². The normalized spacial score (nSPS) is 33.1. The maximum atomic E-state index is 12.0. The molecule has 2 atom stereocenters. The Kier molecular flexibility index (Phi) is 4.01. The average molecular weight is 242 g/mol. The average Bonchev–Trinajstić information content (AvgIpc) is 2.29. The van der Waals surface area contributed by atoms with E-state index >= 15 is 0 Å². The molecule has 2 heterocycles. The maximum Gasteiger partial charge on any atom is 0.239 e. The highest BCUT2D eigenvalue weighted by molar-refractivity contribution is 5.82. The standard InChI is InChI=1S/C12H22N2O3/c1-12(2)7-9(3-5-17-12)14-11(15)10-8-16-6-4-13-10/h9-10,13H,3-8H2,1-2H3,(H,14,15). The highest BCUT2D eigenvalue weighted by atomic mass is 16.5. The zero-order valence-electron chi connectivity index (χ0n) is 10.6. The second-order valence-corrected chi connectivity index (χ2v) is 5.39. The lowest BCUT2D eigenvalue weighted by Gasteiger charge is -2.36. The van der Waals surface area contributed by atoms with Crippen molar-refractivity contribution in [1.29, 1.82) is 0 Å². The number of morpholine rings is 1. The molecule has 2 aliphatic heterocycles. The molecule has 0 aromatic carbocycles. The summed E-state index contributed by atoms with van der Waals surface area (Å²) in [6.45, 7) is 6.75. The van der Waals surface area contributed by atoms with Gasteiger partial charge in [-0.1, -0.05) is 0 Å². The van der Waals surface area contributed by atoms with Gasteiger partial charge in [0.25, 0.3) is 0 Å². The fraction of sp³-hybridized carbons (Fsp3) is 0.917. The molecule has 2 rings (SSSR count). The van der Waals surface area contributed by atoms with Crippen molar-refractivity contribution in [2.24, 2.45) is 0 Å². The fourth-order valence-corrected chi connectivity index (χ4v) is 2.39. The second kappa shape index (κ2) is 5.33. The molecule has 0 aromatic rings. The molecule has 0 saturated carbocycles. The van der Waals surface area contributed by atoms with Gasteiger partial charge in [-0.2, -0.15) is 0 Å². The van der Waals surface area contributed by atoms with E-state index in [1.165, 1.54) is 0 Å². The van der Waals surface area contributed by atoms with Crippen molar-refractivity contribution in [3.63, 3.8) is 0 Å². The summed E-state index contributed by atoms with van der Waals surface area (Å²) < 4.78 is 10.9. The number of carbonyl (C=O) groups excluding carboxylic acids is 1. The third-order valence-electron chi connectivity index (χ3n) is 3.28. The van der Waals surface area contributed by atoms with Gasteiger partial charge < -0.3 is 20.1 Å². The van der Waals surface area contributed by atoms with Crippen LogP contribution < -0.4 is 10.6 Å². The fourth-order valence-electron chi connectivity index (χ4n) is 2.39. The smallest absolute Gasteiger partial charge is 0.239 e. The van der Waals surface area contributed by atoms with Crippen LogP contribution >= 0.6 is 0 Å². The van der Waals surface area contributed by atoms with Crippen LogP contribution in [-0.2, 0) is 14.3 Å². The van der Waals surface area contributed by atoms with Gasteiger partial charge in [0.15, 0.2) is 0 Å². The van der Waals surface area contributed by atoms with Crippen molar-refractivity contribution in [2.45, 2.75) is 44.4 Å². The summed E-state index contributed by atoms with van der Waals surface area (Å²) in [6.07, 6.45) is 1.76. The molecule has 17 heavy (non-hydrogen) atoms. The zero-order valence-corrected chi connectivity index (χ0v) is 10.6. The molecule has 2 aliphatic rings. The Hall–Kier alpha value is -0.650. The lowest BCUT2D eigenvalue weighted by atomic mass is 9.94. The van der Waals surface area contributed by atoms with Crippen molar-refractivity contribution in [3.8, 4) is 0 Å². The van der Waals surface area contributed by atoms with Crippen LogP contribution in [0.2, 0.25) is 0 Å². The van der Waals surface area contributed by atoms with Crippen LogP contribution in [0.1, 0.15) is 26.7 Å². The second-order valence-electron chi connectivity index (χ2n) is 5.39. The molecule has 2 N–H and O–H groups in total. The Bertz CT molecular complexity index is 275.